The van der Waals surface area contributed by atoms with Crippen molar-refractivity contribution in [3.8, 4) is 50.8 Å². The van der Waals surface area contributed by atoms with Gasteiger partial charge >= 0.3 is 0 Å². The van der Waals surface area contributed by atoms with Crippen LogP contribution >= 0.6 is 0 Å². The van der Waals surface area contributed by atoms with E-state index in [1.165, 1.54) is 0 Å². The molecule has 0 unspecified atom stereocenters. The Morgan fingerprint density at radius 1 is 0.588 bits per heavy atom. The van der Waals surface area contributed by atoms with Crippen LogP contribution < -0.4 is 5.32 Å². The van der Waals surface area contributed by atoms with Gasteiger partial charge in [-0.3, -0.25) is 0 Å². The van der Waals surface area contributed by atoms with Gasteiger partial charge in [-0.15, -0.1) is 0 Å². The molecule has 0 saturated carbocycles. The molecule has 0 amide bonds. The van der Waals surface area contributed by atoms with Gasteiger partial charge in [-0.05, 0) is 53.1 Å². The molecule has 0 spiro atoms. The molecule has 0 aliphatic rings. The summed E-state index contributed by atoms with van der Waals surface area (Å²) < 4.78 is 0. The van der Waals surface area contributed by atoms with Crippen LogP contribution in [-0.4, -0.2) is 12.0 Å². The Labute approximate surface area is 200 Å². The van der Waals surface area contributed by atoms with Crippen LogP contribution in [0.25, 0.3) is 44.8 Å². The molecule has 5 rings (SSSR count). The van der Waals surface area contributed by atoms with Gasteiger partial charge < -0.3 is 5.32 Å². The van der Waals surface area contributed by atoms with E-state index in [9.17, 15) is 5.26 Å². The molecular weight excluding hydrogens is 414 g/mol. The largest absolute Gasteiger partial charge is 0.388 e. The SMILES string of the molecule is CNc1ccc(C#N)c(-c2cccc(-c3cc(-c4ccccc4)cc(-c4ccccc4)n3)c2)c1. The first-order valence-electron chi connectivity index (χ1n) is 11.2. The number of rotatable bonds is 5. The van der Waals surface area contributed by atoms with Crippen molar-refractivity contribution >= 4 is 5.69 Å². The van der Waals surface area contributed by atoms with Crippen molar-refractivity contribution in [2.45, 2.75) is 0 Å². The van der Waals surface area contributed by atoms with Gasteiger partial charge in [0.25, 0.3) is 0 Å². The molecule has 3 nitrogen and oxygen atoms in total. The molecule has 0 fully saturated rings. The van der Waals surface area contributed by atoms with Crippen LogP contribution in [0.15, 0.2) is 115 Å². The van der Waals surface area contributed by atoms with Gasteiger partial charge in [0.2, 0.25) is 0 Å². The maximum Gasteiger partial charge on any atom is 0.0998 e. The Balaban J connectivity index is 1.67. The summed E-state index contributed by atoms with van der Waals surface area (Å²) in [5.74, 6) is 0. The molecule has 0 radical (unpaired) electrons. The van der Waals surface area contributed by atoms with E-state index in [4.69, 9.17) is 4.98 Å². The van der Waals surface area contributed by atoms with Gasteiger partial charge in [-0.25, -0.2) is 4.98 Å². The average Bonchev–Trinajstić information content (AvgIpc) is 2.93. The first kappa shape index (κ1) is 21.2. The summed E-state index contributed by atoms with van der Waals surface area (Å²) in [6, 6.07) is 41.3. The minimum atomic E-state index is 0.645. The standard InChI is InChI=1S/C31H23N3/c1-33-28-16-15-26(21-32)29(20-28)24-13-8-14-25(17-24)31-19-27(22-9-4-2-5-10-22)18-30(34-31)23-11-6-3-7-12-23/h2-20,33H,1H3. The lowest BCUT2D eigenvalue weighted by molar-refractivity contribution is 1.32. The predicted octanol–water partition coefficient (Wildman–Crippen LogP) is 7.66. The third kappa shape index (κ3) is 4.30. The fraction of sp³-hybridized carbons (Fsp3) is 0.0323. The van der Waals surface area contributed by atoms with Crippen molar-refractivity contribution in [1.82, 2.24) is 4.98 Å². The number of pyridine rings is 1. The van der Waals surface area contributed by atoms with Crippen molar-refractivity contribution < 1.29 is 0 Å². The molecule has 162 valence electrons. The topological polar surface area (TPSA) is 48.7 Å². The normalized spacial score (nSPS) is 10.5. The Hall–Kier alpha value is -4.68. The molecular formula is C31H23N3. The summed E-state index contributed by atoms with van der Waals surface area (Å²) in [5.41, 5.74) is 9.66. The van der Waals surface area contributed by atoms with Gasteiger partial charge in [0.1, 0.15) is 0 Å². The Morgan fingerprint density at radius 2 is 1.21 bits per heavy atom. The van der Waals surface area contributed by atoms with Gasteiger partial charge in [-0.2, -0.15) is 5.26 Å². The van der Waals surface area contributed by atoms with E-state index >= 15 is 0 Å². The third-order valence-corrected chi connectivity index (χ3v) is 5.90. The quantitative estimate of drug-likeness (QED) is 0.307. The Morgan fingerprint density at radius 3 is 1.88 bits per heavy atom. The maximum absolute atomic E-state index is 9.67. The smallest absolute Gasteiger partial charge is 0.0998 e. The summed E-state index contributed by atoms with van der Waals surface area (Å²) in [7, 11) is 1.88. The number of benzene rings is 4. The van der Waals surface area contributed by atoms with Crippen molar-refractivity contribution in [3.05, 3.63) is 121 Å². The van der Waals surface area contributed by atoms with Crippen LogP contribution in [0.2, 0.25) is 0 Å². The molecule has 0 aliphatic heterocycles. The van der Waals surface area contributed by atoms with Crippen LogP contribution in [0, 0.1) is 11.3 Å². The Bertz CT molecular complexity index is 1430. The third-order valence-electron chi connectivity index (χ3n) is 5.90. The summed E-state index contributed by atoms with van der Waals surface area (Å²) >= 11 is 0. The van der Waals surface area contributed by atoms with E-state index in [1.807, 2.05) is 61.6 Å². The molecule has 0 aliphatic carbocycles. The predicted molar refractivity (Wildman–Crippen MR) is 140 cm³/mol. The zero-order chi connectivity index (χ0) is 23.3. The number of anilines is 1. The van der Waals surface area contributed by atoms with Gasteiger partial charge in [0, 0.05) is 29.4 Å². The number of aromatic nitrogens is 1. The van der Waals surface area contributed by atoms with Crippen LogP contribution in [0.5, 0.6) is 0 Å². The van der Waals surface area contributed by atoms with Crippen molar-refractivity contribution in [2.75, 3.05) is 12.4 Å². The number of nitriles is 1. The first-order chi connectivity index (χ1) is 16.7. The van der Waals surface area contributed by atoms with E-state index in [0.717, 1.165) is 50.5 Å². The number of nitrogens with one attached hydrogen (secondary N) is 1. The molecule has 5 aromatic rings. The molecule has 0 saturated heterocycles. The fourth-order valence-electron chi connectivity index (χ4n) is 4.11. The fourth-order valence-corrected chi connectivity index (χ4v) is 4.11. The lowest BCUT2D eigenvalue weighted by Crippen LogP contribution is -1.93. The summed E-state index contributed by atoms with van der Waals surface area (Å²) in [4.78, 5) is 5.03. The van der Waals surface area contributed by atoms with E-state index in [1.54, 1.807) is 0 Å². The van der Waals surface area contributed by atoms with Crippen molar-refractivity contribution in [3.63, 3.8) is 0 Å². The minimum absolute atomic E-state index is 0.645. The first-order valence-corrected chi connectivity index (χ1v) is 11.2. The van der Waals surface area contributed by atoms with Crippen LogP contribution in [0.4, 0.5) is 5.69 Å². The monoisotopic (exact) mass is 437 g/mol. The highest BCUT2D eigenvalue weighted by atomic mass is 14.8. The van der Waals surface area contributed by atoms with E-state index in [-0.39, 0.29) is 0 Å². The molecule has 3 heteroatoms. The zero-order valence-corrected chi connectivity index (χ0v) is 18.9. The van der Waals surface area contributed by atoms with E-state index in [0.29, 0.717) is 5.56 Å². The number of hydrogen-bond acceptors (Lipinski definition) is 3. The van der Waals surface area contributed by atoms with E-state index < -0.39 is 0 Å². The zero-order valence-electron chi connectivity index (χ0n) is 18.9. The molecule has 1 heterocycles. The molecule has 4 aromatic carbocycles. The number of nitrogens with zero attached hydrogens (tertiary/aromatic N) is 2. The summed E-state index contributed by atoms with van der Waals surface area (Å²) in [5, 5.41) is 12.8. The highest BCUT2D eigenvalue weighted by Gasteiger charge is 2.11. The molecule has 1 N–H and O–H groups in total. The van der Waals surface area contributed by atoms with Crippen LogP contribution in [0.1, 0.15) is 5.56 Å². The minimum Gasteiger partial charge on any atom is -0.388 e. The number of hydrogen-bond donors (Lipinski definition) is 1. The van der Waals surface area contributed by atoms with Gasteiger partial charge in [-0.1, -0.05) is 78.9 Å². The second-order valence-electron chi connectivity index (χ2n) is 8.06. The lowest BCUT2D eigenvalue weighted by atomic mass is 9.95. The maximum atomic E-state index is 9.67. The lowest BCUT2D eigenvalue weighted by Gasteiger charge is -2.12. The molecule has 0 bridgehead atoms. The van der Waals surface area contributed by atoms with E-state index in [2.05, 4.69) is 72.0 Å². The van der Waals surface area contributed by atoms with Crippen molar-refractivity contribution in [2.24, 2.45) is 0 Å². The van der Waals surface area contributed by atoms with Gasteiger partial charge in [0.05, 0.1) is 23.0 Å². The molecule has 34 heavy (non-hydrogen) atoms. The highest BCUT2D eigenvalue weighted by Crippen LogP contribution is 2.33. The second kappa shape index (κ2) is 9.44. The second-order valence-corrected chi connectivity index (χ2v) is 8.06. The average molecular weight is 438 g/mol. The molecule has 0 atom stereocenters. The highest BCUT2D eigenvalue weighted by molar-refractivity contribution is 5.81. The summed E-state index contributed by atoms with van der Waals surface area (Å²) in [6.07, 6.45) is 0. The van der Waals surface area contributed by atoms with Gasteiger partial charge in [0.15, 0.2) is 0 Å². The Kier molecular flexibility index (Phi) is 5.88. The van der Waals surface area contributed by atoms with Crippen LogP contribution in [-0.2, 0) is 0 Å². The molecule has 1 aromatic heterocycles. The van der Waals surface area contributed by atoms with Crippen LogP contribution in [0.3, 0.4) is 0 Å². The summed E-state index contributed by atoms with van der Waals surface area (Å²) in [6.45, 7) is 0. The van der Waals surface area contributed by atoms with Crippen molar-refractivity contribution in [1.29, 1.82) is 5.26 Å².